The number of ether oxygens (including phenoxy) is 10. The Labute approximate surface area is 604 Å². The molecule has 100 heavy (non-hydrogen) atoms. The lowest BCUT2D eigenvalue weighted by atomic mass is 10.2. The van der Waals surface area contributed by atoms with Crippen LogP contribution in [0.4, 0.5) is 23.5 Å². The van der Waals surface area contributed by atoms with Crippen LogP contribution < -0.4 is 47.4 Å². The van der Waals surface area contributed by atoms with Crippen LogP contribution in [0.5, 0.6) is 57.5 Å². The van der Waals surface area contributed by atoms with Gasteiger partial charge in [0, 0.05) is 24.5 Å². The molecule has 10 aromatic rings. The molecule has 0 bridgehead atoms. The molecule has 0 unspecified atom stereocenters. The zero-order valence-corrected chi connectivity index (χ0v) is 58.4. The highest BCUT2D eigenvalue weighted by molar-refractivity contribution is 7.81. The molecule has 0 heterocycles. The second-order valence-corrected chi connectivity index (χ2v) is 21.4. The van der Waals surface area contributed by atoms with E-state index in [9.17, 15) is 24.0 Å². The Hall–Kier alpha value is -10.7. The Balaban J connectivity index is 0.000000617. The van der Waals surface area contributed by atoms with Crippen LogP contribution in [0.15, 0.2) is 267 Å². The summed E-state index contributed by atoms with van der Waals surface area (Å²) in [5.41, 5.74) is 2.39. The molecule has 0 aliphatic carbocycles. The molecule has 525 valence electrons. The first-order valence-electron chi connectivity index (χ1n) is 29.5. The number of esters is 5. The Morgan fingerprint density at radius 3 is 0.420 bits per heavy atom. The van der Waals surface area contributed by atoms with E-state index < -0.39 is 29.8 Å². The minimum atomic E-state index is -0.403. The summed E-state index contributed by atoms with van der Waals surface area (Å²) in [6.07, 6.45) is 0. The summed E-state index contributed by atoms with van der Waals surface area (Å²) in [6.45, 7) is 12.5. The van der Waals surface area contributed by atoms with E-state index in [0.717, 1.165) is 28.7 Å². The third-order valence-electron chi connectivity index (χ3n) is 12.2. The van der Waals surface area contributed by atoms with Crippen LogP contribution in [0.2, 0.25) is 0 Å². The number of carbonyl (C=O) groups excluding carboxylic acids is 5. The average Bonchev–Trinajstić information content (AvgIpc) is 0.904. The molecule has 0 atom stereocenters. The van der Waals surface area contributed by atoms with Crippen molar-refractivity contribution in [3.05, 3.63) is 270 Å². The van der Waals surface area contributed by atoms with Crippen molar-refractivity contribution in [2.45, 2.75) is 59.1 Å². The van der Waals surface area contributed by atoms with Gasteiger partial charge in [0.25, 0.3) is 0 Å². The fourth-order valence-electron chi connectivity index (χ4n) is 7.64. The van der Waals surface area contributed by atoms with Crippen molar-refractivity contribution in [1.29, 1.82) is 0 Å². The van der Waals surface area contributed by atoms with Gasteiger partial charge in [-0.25, -0.2) is 24.0 Å². The van der Waals surface area contributed by atoms with Crippen LogP contribution in [0.3, 0.4) is 0 Å². The van der Waals surface area contributed by atoms with Gasteiger partial charge in [-0.1, -0.05) is 63.1 Å². The fourth-order valence-corrected chi connectivity index (χ4v) is 8.32. The van der Waals surface area contributed by atoms with Gasteiger partial charge in [0.2, 0.25) is 0 Å². The normalized spacial score (nSPS) is 9.45. The second kappa shape index (κ2) is 47.3. The average molecular weight is 1470 g/mol. The maximum Gasteiger partial charge on any atom is 0.343 e. The summed E-state index contributed by atoms with van der Waals surface area (Å²) < 4.78 is 52.7. The maximum atomic E-state index is 11.9. The van der Waals surface area contributed by atoms with Crippen molar-refractivity contribution in [2.24, 2.45) is 0 Å². The van der Waals surface area contributed by atoms with Crippen molar-refractivity contribution in [3.63, 3.8) is 0 Å². The smallest absolute Gasteiger partial charge is 0.343 e. The Morgan fingerprint density at radius 2 is 0.310 bits per heavy atom. The molecule has 0 saturated carbocycles. The van der Waals surface area contributed by atoms with Gasteiger partial charge in [-0.2, -0.15) is 0 Å². The van der Waals surface area contributed by atoms with Gasteiger partial charge < -0.3 is 47.4 Å². The van der Waals surface area contributed by atoms with Crippen molar-refractivity contribution >= 4 is 93.0 Å². The molecule has 10 rings (SSSR count). The summed E-state index contributed by atoms with van der Waals surface area (Å²) in [6, 6.07) is 68.1. The third-order valence-corrected chi connectivity index (χ3v) is 13.5. The molecule has 25 heteroatoms. The van der Waals surface area contributed by atoms with Gasteiger partial charge in [0.1, 0.15) is 57.5 Å². The molecule has 10 aromatic carbocycles. The van der Waals surface area contributed by atoms with E-state index in [2.05, 4.69) is 0 Å². The van der Waals surface area contributed by atoms with Gasteiger partial charge in [0.05, 0.1) is 60.9 Å². The zero-order chi connectivity index (χ0) is 68.3. The van der Waals surface area contributed by atoms with E-state index in [1.807, 2.05) is 34.6 Å². The monoisotopic (exact) mass is 1470 g/mol. The lowest BCUT2D eigenvalue weighted by Crippen LogP contribution is -2.08. The van der Waals surface area contributed by atoms with Gasteiger partial charge in [-0.05, 0) is 277 Å². The summed E-state index contributed by atoms with van der Waals surface area (Å²) >= 11 is 24.8. The van der Waals surface area contributed by atoms with Crippen LogP contribution in [-0.2, 0) is 0 Å². The molecule has 0 saturated heterocycles. The molecule has 5 radical (unpaired) electrons. The SMILES string of the molecule is CCOc1ccc(C(=O)Oc2ccc([S])cc2)cc1.CCOc1ccc(C(=O)Oc2ccc([S])cc2)cc1.CCOc1ccc(C(=O)Oc2ccc([S])cc2)cc1.CCOc1ccc(C(=O)Oc2ccc([S])cc2)cc1.CCOc1ccc(C(=O)Oc2ccc([S])cc2)cc1.F.F.F.F.F. The van der Waals surface area contributed by atoms with Crippen LogP contribution in [0.25, 0.3) is 0 Å². The van der Waals surface area contributed by atoms with E-state index in [4.69, 9.17) is 111 Å². The molecule has 0 aliphatic rings. The number of hydrogen-bond acceptors (Lipinski definition) is 15. The van der Waals surface area contributed by atoms with E-state index in [1.165, 1.54) is 0 Å². The van der Waals surface area contributed by atoms with Crippen molar-refractivity contribution in [1.82, 2.24) is 0 Å². The van der Waals surface area contributed by atoms with E-state index in [-0.39, 0.29) is 23.5 Å². The van der Waals surface area contributed by atoms with E-state index in [1.54, 1.807) is 243 Å². The van der Waals surface area contributed by atoms with Crippen molar-refractivity contribution in [2.75, 3.05) is 33.0 Å². The summed E-state index contributed by atoms with van der Waals surface area (Å²) in [5, 5.41) is 0. The number of carbonyl (C=O) groups is 5. The molecule has 0 aliphatic heterocycles. The van der Waals surface area contributed by atoms with Crippen LogP contribution in [0, 0.1) is 0 Å². The van der Waals surface area contributed by atoms with Crippen molar-refractivity contribution in [3.8, 4) is 57.5 Å². The van der Waals surface area contributed by atoms with Gasteiger partial charge in [0.15, 0.2) is 0 Å². The molecule has 0 amide bonds. The van der Waals surface area contributed by atoms with Crippen LogP contribution in [-0.4, -0.2) is 62.9 Å². The lowest BCUT2D eigenvalue weighted by Gasteiger charge is -2.06. The first-order valence-corrected chi connectivity index (χ1v) is 31.6. The Bertz CT molecular complexity index is 3370. The largest absolute Gasteiger partial charge is 0.494 e. The third kappa shape index (κ3) is 31.2. The summed E-state index contributed by atoms with van der Waals surface area (Å²) in [4.78, 5) is 62.9. The molecular formula is C75H70F5O15S5. The molecular weight excluding hydrogens is 1400 g/mol. The minimum Gasteiger partial charge on any atom is -0.494 e. The highest BCUT2D eigenvalue weighted by atomic mass is 32.1. The van der Waals surface area contributed by atoms with Gasteiger partial charge in [-0.3, -0.25) is 23.5 Å². The summed E-state index contributed by atoms with van der Waals surface area (Å²) in [5.74, 6) is 4.04. The van der Waals surface area contributed by atoms with Gasteiger partial charge in [-0.15, -0.1) is 0 Å². The second-order valence-electron chi connectivity index (χ2n) is 19.1. The predicted molar refractivity (Wildman–Crippen MR) is 387 cm³/mol. The summed E-state index contributed by atoms with van der Waals surface area (Å²) in [7, 11) is 0. The standard InChI is InChI=1S/5C15H13O3S.5FH/c5*1-2-17-12-5-3-11(4-6-12)15(16)18-13-7-9-14(19)10-8-13;;;;;/h5*3-10H,2H2,1H3;5*1H. The number of hydrogen-bond donors (Lipinski definition) is 0. The maximum absolute atomic E-state index is 11.9. The highest BCUT2D eigenvalue weighted by Crippen LogP contribution is 2.24. The molecule has 0 fully saturated rings. The van der Waals surface area contributed by atoms with Crippen molar-refractivity contribution < 1.29 is 94.9 Å². The van der Waals surface area contributed by atoms with E-state index in [0.29, 0.717) is 114 Å². The molecule has 0 spiro atoms. The predicted octanol–water partition coefficient (Wildman–Crippen LogP) is 20.1. The molecule has 0 aromatic heterocycles. The number of halogens is 5. The minimum absolute atomic E-state index is 0. The lowest BCUT2D eigenvalue weighted by molar-refractivity contribution is 0.0725. The quantitative estimate of drug-likeness (QED) is 0.0399. The first kappa shape index (κ1) is 87.3. The topological polar surface area (TPSA) is 178 Å². The first-order chi connectivity index (χ1) is 45.9. The Kier molecular flexibility index (Phi) is 41.3. The highest BCUT2D eigenvalue weighted by Gasteiger charge is 2.14. The molecule has 15 nitrogen and oxygen atoms in total. The van der Waals surface area contributed by atoms with Gasteiger partial charge >= 0.3 is 29.8 Å². The van der Waals surface area contributed by atoms with Crippen LogP contribution in [0.1, 0.15) is 86.4 Å². The number of rotatable bonds is 20. The van der Waals surface area contributed by atoms with E-state index >= 15 is 0 Å². The fraction of sp³-hybridized carbons (Fsp3) is 0.133. The number of benzene rings is 10. The molecule has 0 N–H and O–H groups in total. The van der Waals surface area contributed by atoms with Crippen LogP contribution >= 0.6 is 63.1 Å². The zero-order valence-electron chi connectivity index (χ0n) is 54.3. The Morgan fingerprint density at radius 1 is 0.200 bits per heavy atom.